The molecule has 0 aliphatic heterocycles. The first kappa shape index (κ1) is 13.7. The van der Waals surface area contributed by atoms with Gasteiger partial charge in [-0.05, 0) is 29.7 Å². The Bertz CT molecular complexity index is 837. The Labute approximate surface area is 109 Å². The molecule has 0 aromatic heterocycles. The maximum atomic E-state index is 11.1. The van der Waals surface area contributed by atoms with Crippen molar-refractivity contribution < 1.29 is 30.1 Å². The van der Waals surface area contributed by atoms with Gasteiger partial charge in [-0.25, -0.2) is 0 Å². The maximum Gasteiger partial charge on any atom is 0.446 e. The van der Waals surface area contributed by atoms with Crippen LogP contribution in [0.5, 0.6) is 5.75 Å². The molecule has 0 saturated heterocycles. The lowest BCUT2D eigenvalue weighted by Crippen LogP contribution is -2.06. The summed E-state index contributed by atoms with van der Waals surface area (Å²) >= 11 is 0. The van der Waals surface area contributed by atoms with Gasteiger partial charge in [-0.1, -0.05) is 12.1 Å². The number of benzene rings is 2. The Hall–Kier alpha value is -1.68. The van der Waals surface area contributed by atoms with E-state index in [0.717, 1.165) is 6.07 Å². The molecular formula is C10H8O7S2. The molecule has 2 aromatic rings. The Morgan fingerprint density at radius 2 is 1.63 bits per heavy atom. The minimum atomic E-state index is -4.65. The van der Waals surface area contributed by atoms with Crippen molar-refractivity contribution in [3.05, 3.63) is 36.4 Å². The molecule has 0 aliphatic carbocycles. The van der Waals surface area contributed by atoms with Crippen LogP contribution in [0.1, 0.15) is 0 Å². The molecule has 2 rings (SSSR count). The van der Waals surface area contributed by atoms with Gasteiger partial charge < -0.3 is 4.18 Å². The Morgan fingerprint density at radius 1 is 0.947 bits per heavy atom. The minimum Gasteiger partial charge on any atom is -0.362 e. The average Bonchev–Trinajstić information content (AvgIpc) is 2.24. The predicted octanol–water partition coefficient (Wildman–Crippen LogP) is 1.27. The van der Waals surface area contributed by atoms with E-state index in [0.29, 0.717) is 5.39 Å². The Balaban J connectivity index is 2.64. The molecule has 0 spiro atoms. The van der Waals surface area contributed by atoms with Crippen LogP contribution < -0.4 is 4.18 Å². The first-order valence-electron chi connectivity index (χ1n) is 4.84. The number of rotatable bonds is 3. The summed E-state index contributed by atoms with van der Waals surface area (Å²) in [5.74, 6) is -0.178. The van der Waals surface area contributed by atoms with Crippen molar-refractivity contribution in [2.75, 3.05) is 0 Å². The van der Waals surface area contributed by atoms with E-state index in [4.69, 9.17) is 9.11 Å². The second-order valence-corrected chi connectivity index (χ2v) is 6.04. The molecule has 7 nitrogen and oxygen atoms in total. The highest BCUT2D eigenvalue weighted by Crippen LogP contribution is 2.27. The highest BCUT2D eigenvalue weighted by atomic mass is 32.3. The van der Waals surface area contributed by atoms with Gasteiger partial charge in [0, 0.05) is 5.39 Å². The third-order valence-electron chi connectivity index (χ3n) is 2.29. The van der Waals surface area contributed by atoms with Crippen LogP contribution in [-0.4, -0.2) is 25.9 Å². The van der Waals surface area contributed by atoms with Crippen molar-refractivity contribution >= 4 is 31.3 Å². The van der Waals surface area contributed by atoms with Crippen LogP contribution in [-0.2, 0) is 20.5 Å². The molecule has 9 heteroatoms. The molecular weight excluding hydrogens is 296 g/mol. The zero-order valence-corrected chi connectivity index (χ0v) is 10.8. The van der Waals surface area contributed by atoms with Gasteiger partial charge in [0.1, 0.15) is 10.6 Å². The molecule has 0 fully saturated rings. The molecule has 0 aliphatic rings. The summed E-state index contributed by atoms with van der Waals surface area (Å²) in [6, 6.07) is 7.73. The zero-order valence-electron chi connectivity index (χ0n) is 9.22. The van der Waals surface area contributed by atoms with E-state index < -0.39 is 20.5 Å². The van der Waals surface area contributed by atoms with E-state index in [-0.39, 0.29) is 16.0 Å². The topological polar surface area (TPSA) is 118 Å². The smallest absolute Gasteiger partial charge is 0.362 e. The first-order valence-corrected chi connectivity index (χ1v) is 7.64. The van der Waals surface area contributed by atoms with Crippen LogP contribution in [0.4, 0.5) is 0 Å². The van der Waals surface area contributed by atoms with E-state index in [9.17, 15) is 16.8 Å². The van der Waals surface area contributed by atoms with Crippen molar-refractivity contribution in [1.82, 2.24) is 0 Å². The molecule has 0 radical (unpaired) electrons. The summed E-state index contributed by atoms with van der Waals surface area (Å²) in [6.45, 7) is 0. The molecule has 0 heterocycles. The van der Waals surface area contributed by atoms with Crippen molar-refractivity contribution in [3.63, 3.8) is 0 Å². The summed E-state index contributed by atoms with van der Waals surface area (Å²) in [7, 11) is -9.04. The summed E-state index contributed by atoms with van der Waals surface area (Å²) < 4.78 is 65.3. The van der Waals surface area contributed by atoms with Crippen molar-refractivity contribution in [2.24, 2.45) is 0 Å². The third-order valence-corrected chi connectivity index (χ3v) is 3.61. The van der Waals surface area contributed by atoms with E-state index in [2.05, 4.69) is 4.18 Å². The number of fused-ring (bicyclic) bond motifs is 1. The molecule has 2 N–H and O–H groups in total. The Kier molecular flexibility index (Phi) is 3.22. The molecule has 0 saturated carbocycles. The van der Waals surface area contributed by atoms with Gasteiger partial charge in [0.25, 0.3) is 10.1 Å². The predicted molar refractivity (Wildman–Crippen MR) is 65.9 cm³/mol. The molecule has 102 valence electrons. The van der Waals surface area contributed by atoms with E-state index in [1.807, 2.05) is 0 Å². The van der Waals surface area contributed by atoms with Crippen molar-refractivity contribution in [2.45, 2.75) is 4.90 Å². The number of hydrogen-bond donors (Lipinski definition) is 2. The van der Waals surface area contributed by atoms with Crippen LogP contribution in [0.15, 0.2) is 41.3 Å². The maximum absolute atomic E-state index is 11.1. The van der Waals surface area contributed by atoms with Crippen molar-refractivity contribution in [1.29, 1.82) is 0 Å². The van der Waals surface area contributed by atoms with Gasteiger partial charge in [0.2, 0.25) is 0 Å². The quantitative estimate of drug-likeness (QED) is 0.819. The van der Waals surface area contributed by atoms with Crippen LogP contribution in [0.3, 0.4) is 0 Å². The summed E-state index contributed by atoms with van der Waals surface area (Å²) in [5, 5.41) is 0.531. The Morgan fingerprint density at radius 3 is 2.21 bits per heavy atom. The molecule has 0 unspecified atom stereocenters. The SMILES string of the molecule is O=S(=O)(O)Oc1ccc2c(S(=O)(=O)O)cccc2c1. The summed E-state index contributed by atoms with van der Waals surface area (Å²) in [6.07, 6.45) is 0. The zero-order chi connectivity index (χ0) is 14.3. The average molecular weight is 304 g/mol. The monoisotopic (exact) mass is 304 g/mol. The van der Waals surface area contributed by atoms with Gasteiger partial charge in [-0.15, -0.1) is 0 Å². The van der Waals surface area contributed by atoms with E-state index >= 15 is 0 Å². The number of hydrogen-bond acceptors (Lipinski definition) is 5. The van der Waals surface area contributed by atoms with Gasteiger partial charge in [-0.3, -0.25) is 9.11 Å². The third kappa shape index (κ3) is 3.20. The van der Waals surface area contributed by atoms with Crippen LogP contribution >= 0.6 is 0 Å². The summed E-state index contributed by atoms with van der Waals surface area (Å²) in [4.78, 5) is -0.302. The van der Waals surface area contributed by atoms with Crippen molar-refractivity contribution in [3.8, 4) is 5.75 Å². The highest BCUT2D eigenvalue weighted by molar-refractivity contribution is 7.86. The second kappa shape index (κ2) is 4.46. The fourth-order valence-electron chi connectivity index (χ4n) is 1.63. The standard InChI is InChI=1S/C10H8O7S2/c11-18(12,13)10-3-1-2-7-6-8(4-5-9(7)10)17-19(14,15)16/h1-6H,(H,11,12,13)(H,14,15,16). The van der Waals surface area contributed by atoms with Gasteiger partial charge >= 0.3 is 10.4 Å². The molecule has 0 bridgehead atoms. The molecule has 19 heavy (non-hydrogen) atoms. The fraction of sp³-hybridized carbons (Fsp3) is 0. The van der Waals surface area contributed by atoms with Crippen LogP contribution in [0.25, 0.3) is 10.8 Å². The van der Waals surface area contributed by atoms with Crippen LogP contribution in [0, 0.1) is 0 Å². The highest BCUT2D eigenvalue weighted by Gasteiger charge is 2.14. The normalized spacial score (nSPS) is 12.5. The molecule has 2 aromatic carbocycles. The van der Waals surface area contributed by atoms with E-state index in [1.54, 1.807) is 0 Å². The molecule has 0 atom stereocenters. The molecule has 0 amide bonds. The largest absolute Gasteiger partial charge is 0.446 e. The lowest BCUT2D eigenvalue weighted by molar-refractivity contribution is 0.387. The van der Waals surface area contributed by atoms with Gasteiger partial charge in [0.15, 0.2) is 0 Å². The second-order valence-electron chi connectivity index (χ2n) is 3.63. The fourth-order valence-corrected chi connectivity index (χ4v) is 2.69. The lowest BCUT2D eigenvalue weighted by Gasteiger charge is -2.06. The first-order chi connectivity index (χ1) is 8.67. The minimum absolute atomic E-state index is 0.178. The van der Waals surface area contributed by atoms with Gasteiger partial charge in [0.05, 0.1) is 0 Å². The van der Waals surface area contributed by atoms with E-state index in [1.165, 1.54) is 30.3 Å². The van der Waals surface area contributed by atoms with Crippen LogP contribution in [0.2, 0.25) is 0 Å². The summed E-state index contributed by atoms with van der Waals surface area (Å²) in [5.41, 5.74) is 0. The van der Waals surface area contributed by atoms with Gasteiger partial charge in [-0.2, -0.15) is 16.8 Å². The lowest BCUT2D eigenvalue weighted by atomic mass is 10.1.